The van der Waals surface area contributed by atoms with Crippen LogP contribution in [0.5, 0.6) is 0 Å². The zero-order chi connectivity index (χ0) is 63.4. The van der Waals surface area contributed by atoms with Gasteiger partial charge >= 0.3 is 6.03 Å². The predicted molar refractivity (Wildman–Crippen MR) is 307 cm³/mol. The number of anilines is 6. The first kappa shape index (κ1) is 63.5. The van der Waals surface area contributed by atoms with Crippen molar-refractivity contribution >= 4 is 169 Å². The average Bonchev–Trinajstić information content (AvgIpc) is 0.849. The number of halogens is 2. The molecule has 0 unspecified atom stereocenters. The Balaban J connectivity index is 0.946. The van der Waals surface area contributed by atoms with Crippen molar-refractivity contribution in [3.8, 4) is 0 Å². The molecule has 0 radical (unpaired) electrons. The van der Waals surface area contributed by atoms with Crippen molar-refractivity contribution in [2.75, 3.05) is 31.9 Å². The number of carbonyl (C=O) groups excluding carboxylic acids is 5. The number of carbonyl (C=O) groups is 5. The number of hydrogen-bond donors (Lipinski definition) is 12. The van der Waals surface area contributed by atoms with Gasteiger partial charge in [0.25, 0.3) is 84.3 Å². The minimum Gasteiger partial charge on any atom is -0.321 e. The van der Waals surface area contributed by atoms with Crippen LogP contribution in [0.4, 0.5) is 38.9 Å². The summed E-state index contributed by atoms with van der Waals surface area (Å²) in [6, 6.07) is 20.9. The third kappa shape index (κ3) is 14.2. The first-order chi connectivity index (χ1) is 39.8. The molecule has 29 nitrogen and oxygen atoms in total. The molecule has 0 saturated heterocycles. The number of urea groups is 1. The third-order valence-electron chi connectivity index (χ3n) is 11.9. The van der Waals surface area contributed by atoms with E-state index in [2.05, 4.69) is 31.9 Å². The highest BCUT2D eigenvalue weighted by Gasteiger charge is 2.30. The van der Waals surface area contributed by atoms with Crippen molar-refractivity contribution < 1.29 is 102 Å². The van der Waals surface area contributed by atoms with Crippen molar-refractivity contribution in [3.63, 3.8) is 0 Å². The van der Waals surface area contributed by atoms with E-state index in [-0.39, 0.29) is 67.2 Å². The Hall–Kier alpha value is -8.53. The zero-order valence-corrected chi connectivity index (χ0v) is 48.4. The maximum absolute atomic E-state index is 13.6. The lowest BCUT2D eigenvalue weighted by molar-refractivity contribution is 0.101. The standard InChI is InChI=1S/C49H34Cl2N6O23S6/c50-33-9-7-25(47(60)54-35-11-13-39(83(69,70)71)31-19-29(81(63,64)65)21-41(43(31)35)85(75,76)77)17-37(33)56-45(58)23-3-1-5-27(15-23)52-49(62)53-28-6-2-4-24(16-28)46(59)57-38-18-26(8-10-34(38)51)48(61)55-36-12-14-40(84(72,73)74)32-20-30(82(66,67)68)22-42(44(32)36)86(78,79)80/h1-22H,(H,54,60)(H,55,61)(H,56,58)(H,57,59)(H2,52,53,62)(H,63,64,65)(H,66,67,68)(H,69,70,71)(H,72,73,74)(H,75,76,77)(H,78,79,80). The number of fused-ring (bicyclic) bond motifs is 2. The van der Waals surface area contributed by atoms with Crippen LogP contribution in [0.3, 0.4) is 0 Å². The van der Waals surface area contributed by atoms with Gasteiger partial charge in [0.05, 0.1) is 42.6 Å². The summed E-state index contributed by atoms with van der Waals surface area (Å²) in [6.45, 7) is 0. The van der Waals surface area contributed by atoms with Crippen LogP contribution >= 0.6 is 23.2 Å². The Bertz CT molecular complexity index is 4720. The van der Waals surface area contributed by atoms with E-state index < -0.39 is 153 Å². The molecule has 8 rings (SSSR count). The zero-order valence-electron chi connectivity index (χ0n) is 42.0. The Morgan fingerprint density at radius 2 is 0.628 bits per heavy atom. The van der Waals surface area contributed by atoms with E-state index in [0.717, 1.165) is 36.4 Å². The predicted octanol–water partition coefficient (Wildman–Crippen LogP) is 7.43. The fraction of sp³-hybridized carbons (Fsp3) is 0. The molecule has 37 heteroatoms. The van der Waals surface area contributed by atoms with Gasteiger partial charge in [-0.25, -0.2) is 4.79 Å². The van der Waals surface area contributed by atoms with Crippen LogP contribution in [0.25, 0.3) is 21.5 Å². The summed E-state index contributed by atoms with van der Waals surface area (Å²) in [4.78, 5) is 60.4. The molecule has 0 bridgehead atoms. The lowest BCUT2D eigenvalue weighted by Gasteiger charge is -2.16. The van der Waals surface area contributed by atoms with E-state index in [0.29, 0.717) is 24.3 Å². The Morgan fingerprint density at radius 3 is 0.942 bits per heavy atom. The summed E-state index contributed by atoms with van der Waals surface area (Å²) in [5.41, 5.74) is -2.18. The van der Waals surface area contributed by atoms with Gasteiger partial charge in [-0.1, -0.05) is 35.3 Å². The smallest absolute Gasteiger partial charge is 0.321 e. The van der Waals surface area contributed by atoms with Crippen molar-refractivity contribution in [1.82, 2.24) is 0 Å². The molecule has 8 aromatic rings. The first-order valence-corrected chi connectivity index (χ1v) is 32.4. The summed E-state index contributed by atoms with van der Waals surface area (Å²) >= 11 is 12.7. The molecule has 86 heavy (non-hydrogen) atoms. The van der Waals surface area contributed by atoms with Gasteiger partial charge < -0.3 is 31.9 Å². The second-order valence-corrected chi connectivity index (χ2v) is 26.9. The minimum absolute atomic E-state index is 0.0375. The summed E-state index contributed by atoms with van der Waals surface area (Å²) in [5, 5.41) is 10.9. The molecule has 0 fully saturated rings. The highest BCUT2D eigenvalue weighted by atomic mass is 35.5. The molecule has 0 aliphatic rings. The summed E-state index contributed by atoms with van der Waals surface area (Å²) in [7, 11) is -32.0. The van der Waals surface area contributed by atoms with Crippen LogP contribution < -0.4 is 31.9 Å². The van der Waals surface area contributed by atoms with Crippen molar-refractivity contribution in [2.45, 2.75) is 29.4 Å². The largest absolute Gasteiger partial charge is 0.323 e. The number of rotatable bonds is 16. The second-order valence-electron chi connectivity index (χ2n) is 17.7. The van der Waals surface area contributed by atoms with E-state index in [4.69, 9.17) is 23.2 Å². The molecule has 12 N–H and O–H groups in total. The van der Waals surface area contributed by atoms with Gasteiger partial charge in [-0.05, 0) is 121 Å². The minimum atomic E-state index is -5.47. The number of hydrogen-bond acceptors (Lipinski definition) is 17. The van der Waals surface area contributed by atoms with Crippen molar-refractivity contribution in [2.24, 2.45) is 0 Å². The second kappa shape index (κ2) is 23.4. The molecule has 0 atom stereocenters. The van der Waals surface area contributed by atoms with Crippen LogP contribution in [0.1, 0.15) is 41.4 Å². The number of amides is 6. The SMILES string of the molecule is O=C(Nc1cccc(C(=O)Nc2cc(C(=O)Nc3ccc(S(=O)(=O)O)c4cc(S(=O)(=O)O)cc(S(=O)(=O)O)c34)ccc2Cl)c1)Nc1cccc(C(=O)Nc2cc(C(=O)Nc3ccc(S(=O)(=O)O)c4cc(S(=O)(=O)O)cc(S(=O)(=O)O)c34)ccc2Cl)c1. The topological polar surface area (TPSA) is 484 Å². The van der Waals surface area contributed by atoms with E-state index in [1.807, 2.05) is 0 Å². The fourth-order valence-corrected chi connectivity index (χ4v) is 12.6. The normalized spacial score (nSPS) is 12.3. The van der Waals surface area contributed by atoms with Crippen LogP contribution in [-0.2, 0) is 60.7 Å². The molecule has 0 spiro atoms. The van der Waals surface area contributed by atoms with Gasteiger partial charge in [0, 0.05) is 55.2 Å². The monoisotopic (exact) mass is 1340 g/mol. The highest BCUT2D eigenvalue weighted by molar-refractivity contribution is 7.88. The summed E-state index contributed by atoms with van der Waals surface area (Å²) in [6.07, 6.45) is 0. The number of benzene rings is 8. The van der Waals surface area contributed by atoms with Gasteiger partial charge in [-0.2, -0.15) is 50.5 Å². The maximum atomic E-state index is 13.6. The van der Waals surface area contributed by atoms with Crippen LogP contribution in [-0.4, -0.2) is 107 Å². The van der Waals surface area contributed by atoms with Crippen molar-refractivity contribution in [3.05, 3.63) is 166 Å². The first-order valence-electron chi connectivity index (χ1n) is 23.0. The van der Waals surface area contributed by atoms with Crippen molar-refractivity contribution in [1.29, 1.82) is 0 Å². The Morgan fingerprint density at radius 1 is 0.314 bits per heavy atom. The molecule has 0 saturated carbocycles. The lowest BCUT2D eigenvalue weighted by atomic mass is 10.1. The average molecular weight is 1340 g/mol. The molecule has 6 amide bonds. The van der Waals surface area contributed by atoms with E-state index in [1.54, 1.807) is 0 Å². The summed E-state index contributed by atoms with van der Waals surface area (Å²) < 4.78 is 206. The quantitative estimate of drug-likeness (QED) is 0.0418. The lowest BCUT2D eigenvalue weighted by Crippen LogP contribution is -2.20. The maximum Gasteiger partial charge on any atom is 0.323 e. The van der Waals surface area contributed by atoms with Crippen LogP contribution in [0, 0.1) is 0 Å². The van der Waals surface area contributed by atoms with Crippen LogP contribution in [0.2, 0.25) is 10.0 Å². The van der Waals surface area contributed by atoms with E-state index in [1.165, 1.54) is 60.7 Å². The van der Waals surface area contributed by atoms with Gasteiger partial charge in [0.2, 0.25) is 0 Å². The van der Waals surface area contributed by atoms with Gasteiger partial charge in [0.1, 0.15) is 19.6 Å². The molecule has 8 aromatic carbocycles. The molecule has 448 valence electrons. The molecule has 0 aromatic heterocycles. The van der Waals surface area contributed by atoms with Gasteiger partial charge in [-0.3, -0.25) is 46.5 Å². The molecule has 0 aliphatic heterocycles. The molecular formula is C49H34Cl2N6O23S6. The Labute approximate surface area is 494 Å². The third-order valence-corrected chi connectivity index (χ3v) is 17.8. The molecular weight excluding hydrogens is 1300 g/mol. The fourth-order valence-electron chi connectivity index (χ4n) is 8.22. The van der Waals surface area contributed by atoms with E-state index in [9.17, 15) is 102 Å². The van der Waals surface area contributed by atoms with Crippen LogP contribution in [0.15, 0.2) is 163 Å². The van der Waals surface area contributed by atoms with E-state index >= 15 is 0 Å². The molecule has 0 aliphatic carbocycles. The van der Waals surface area contributed by atoms with Gasteiger partial charge in [-0.15, -0.1) is 0 Å². The van der Waals surface area contributed by atoms with Gasteiger partial charge in [0.15, 0.2) is 0 Å². The summed E-state index contributed by atoms with van der Waals surface area (Å²) in [5.74, 6) is -3.88. The highest BCUT2D eigenvalue weighted by Crippen LogP contribution is 2.39. The number of nitrogens with one attached hydrogen (secondary N) is 6. The molecule has 0 heterocycles. The Kier molecular flexibility index (Phi) is 17.3.